The number of amides is 1. The molecule has 0 saturated heterocycles. The normalized spacial score (nSPS) is 10.9. The molecule has 0 fully saturated rings. The number of aromatic nitrogens is 1. The Hall–Kier alpha value is -2.95. The van der Waals surface area contributed by atoms with Crippen LogP contribution in [0.25, 0.3) is 22.2 Å². The molecule has 0 aliphatic rings. The Balaban J connectivity index is 2.23. The number of benzene rings is 2. The first-order chi connectivity index (χ1) is 11.1. The number of primary amides is 1. The molecule has 5 nitrogen and oxygen atoms in total. The average molecular weight is 309 g/mol. The van der Waals surface area contributed by atoms with Crippen LogP contribution in [0.15, 0.2) is 42.5 Å². The van der Waals surface area contributed by atoms with Gasteiger partial charge in [0.15, 0.2) is 0 Å². The highest BCUT2D eigenvalue weighted by Gasteiger charge is 2.16. The average Bonchev–Trinajstić information content (AvgIpc) is 2.86. The quantitative estimate of drug-likeness (QED) is 0.777. The van der Waals surface area contributed by atoms with Crippen LogP contribution in [-0.2, 0) is 6.54 Å². The van der Waals surface area contributed by atoms with Gasteiger partial charge in [0.05, 0.1) is 24.0 Å². The van der Waals surface area contributed by atoms with Gasteiger partial charge in [-0.1, -0.05) is 12.1 Å². The second-order valence-corrected chi connectivity index (χ2v) is 5.33. The van der Waals surface area contributed by atoms with Crippen LogP contribution in [-0.4, -0.2) is 17.6 Å². The van der Waals surface area contributed by atoms with E-state index in [1.165, 1.54) is 0 Å². The summed E-state index contributed by atoms with van der Waals surface area (Å²) in [5.74, 6) is 0.332. The molecule has 5 heteroatoms. The number of anilines is 1. The van der Waals surface area contributed by atoms with Crippen molar-refractivity contribution in [3.05, 3.63) is 48.0 Å². The van der Waals surface area contributed by atoms with Crippen LogP contribution in [0.2, 0.25) is 0 Å². The van der Waals surface area contributed by atoms with Gasteiger partial charge in [0, 0.05) is 23.1 Å². The third-order valence-electron chi connectivity index (χ3n) is 4.07. The fourth-order valence-electron chi connectivity index (χ4n) is 2.92. The highest BCUT2D eigenvalue weighted by molar-refractivity contribution is 6.02. The molecule has 4 N–H and O–H groups in total. The lowest BCUT2D eigenvalue weighted by Gasteiger charge is -2.09. The Morgan fingerprint density at radius 2 is 1.87 bits per heavy atom. The maximum atomic E-state index is 11.2. The first-order valence-electron chi connectivity index (χ1n) is 7.42. The van der Waals surface area contributed by atoms with E-state index < -0.39 is 5.91 Å². The van der Waals surface area contributed by atoms with Crippen LogP contribution in [0.4, 0.5) is 5.69 Å². The maximum Gasteiger partial charge on any atom is 0.248 e. The number of hydrogen-bond donors (Lipinski definition) is 2. The minimum Gasteiger partial charge on any atom is -0.497 e. The number of ether oxygens (including phenoxy) is 1. The number of hydrogen-bond acceptors (Lipinski definition) is 3. The number of fused-ring (bicyclic) bond motifs is 1. The number of nitrogen functional groups attached to an aromatic ring is 1. The molecule has 118 valence electrons. The van der Waals surface area contributed by atoms with Crippen LogP contribution in [0.5, 0.6) is 5.75 Å². The van der Waals surface area contributed by atoms with Crippen molar-refractivity contribution >= 4 is 22.5 Å². The Bertz CT molecular complexity index is 879. The number of carbonyl (C=O) groups is 1. The van der Waals surface area contributed by atoms with E-state index in [0.29, 0.717) is 11.3 Å². The fraction of sp³-hybridized carbons (Fsp3) is 0.167. The molecule has 0 aliphatic heterocycles. The molecule has 23 heavy (non-hydrogen) atoms. The minimum atomic E-state index is -0.440. The van der Waals surface area contributed by atoms with Gasteiger partial charge in [-0.15, -0.1) is 0 Å². The number of carbonyl (C=O) groups excluding carboxylic acids is 1. The molecule has 0 spiro atoms. The predicted octanol–water partition coefficient (Wildman–Crippen LogP) is 3.02. The van der Waals surface area contributed by atoms with E-state index in [0.717, 1.165) is 34.5 Å². The van der Waals surface area contributed by atoms with Gasteiger partial charge in [-0.05, 0) is 37.3 Å². The number of aryl methyl sites for hydroxylation is 1. The van der Waals surface area contributed by atoms with E-state index >= 15 is 0 Å². The standard InChI is InChI=1S/C18H19N3O2/c1-3-21-15-9-8-13(23-2)10-14(15)16(19)17(21)11-4-6-12(7-5-11)18(20)22/h4-10H,3,19H2,1-2H3,(H2,20,22). The molecule has 0 bridgehead atoms. The van der Waals surface area contributed by atoms with E-state index in [9.17, 15) is 4.79 Å². The molecule has 2 aromatic carbocycles. The summed E-state index contributed by atoms with van der Waals surface area (Å²) in [5, 5.41) is 0.958. The number of nitrogens with two attached hydrogens (primary N) is 2. The molecule has 1 heterocycles. The van der Waals surface area contributed by atoms with Crippen molar-refractivity contribution in [1.29, 1.82) is 0 Å². The molecule has 0 unspecified atom stereocenters. The van der Waals surface area contributed by atoms with Gasteiger partial charge in [0.2, 0.25) is 5.91 Å². The summed E-state index contributed by atoms with van der Waals surface area (Å²) in [6.07, 6.45) is 0. The van der Waals surface area contributed by atoms with Crippen LogP contribution in [0.1, 0.15) is 17.3 Å². The lowest BCUT2D eigenvalue weighted by atomic mass is 10.1. The fourth-order valence-corrected chi connectivity index (χ4v) is 2.92. The van der Waals surface area contributed by atoms with Crippen molar-refractivity contribution in [2.45, 2.75) is 13.5 Å². The van der Waals surface area contributed by atoms with Crippen LogP contribution >= 0.6 is 0 Å². The lowest BCUT2D eigenvalue weighted by molar-refractivity contribution is 0.100. The van der Waals surface area contributed by atoms with Crippen molar-refractivity contribution in [2.24, 2.45) is 5.73 Å². The summed E-state index contributed by atoms with van der Waals surface area (Å²) < 4.78 is 7.45. The van der Waals surface area contributed by atoms with Gasteiger partial charge in [-0.3, -0.25) is 4.79 Å². The summed E-state index contributed by atoms with van der Waals surface area (Å²) >= 11 is 0. The molecule has 3 aromatic rings. The number of nitrogens with zero attached hydrogens (tertiary/aromatic N) is 1. The molecule has 0 radical (unpaired) electrons. The van der Waals surface area contributed by atoms with E-state index in [1.807, 2.05) is 30.3 Å². The monoisotopic (exact) mass is 309 g/mol. The zero-order chi connectivity index (χ0) is 16.6. The SMILES string of the molecule is CCn1c(-c2ccc(C(N)=O)cc2)c(N)c2cc(OC)ccc21. The van der Waals surface area contributed by atoms with E-state index in [4.69, 9.17) is 16.2 Å². The number of rotatable bonds is 4. The third kappa shape index (κ3) is 2.40. The van der Waals surface area contributed by atoms with Crippen molar-refractivity contribution in [3.8, 4) is 17.0 Å². The zero-order valence-corrected chi connectivity index (χ0v) is 13.2. The van der Waals surface area contributed by atoms with E-state index in [2.05, 4.69) is 11.5 Å². The summed E-state index contributed by atoms with van der Waals surface area (Å²) in [7, 11) is 1.64. The van der Waals surface area contributed by atoms with E-state index in [1.54, 1.807) is 19.2 Å². The Kier molecular flexibility index (Phi) is 3.70. The van der Waals surface area contributed by atoms with Gasteiger partial charge in [-0.25, -0.2) is 0 Å². The van der Waals surface area contributed by atoms with Crippen molar-refractivity contribution in [1.82, 2.24) is 4.57 Å². The minimum absolute atomic E-state index is 0.440. The molecule has 0 saturated carbocycles. The smallest absolute Gasteiger partial charge is 0.248 e. The Morgan fingerprint density at radius 3 is 2.43 bits per heavy atom. The van der Waals surface area contributed by atoms with Gasteiger partial charge >= 0.3 is 0 Å². The van der Waals surface area contributed by atoms with Crippen molar-refractivity contribution in [2.75, 3.05) is 12.8 Å². The maximum absolute atomic E-state index is 11.2. The molecule has 3 rings (SSSR count). The number of methoxy groups -OCH3 is 1. The second kappa shape index (κ2) is 5.68. The lowest BCUT2D eigenvalue weighted by Crippen LogP contribution is -2.10. The predicted molar refractivity (Wildman–Crippen MR) is 92.5 cm³/mol. The Morgan fingerprint density at radius 1 is 1.17 bits per heavy atom. The molecule has 0 atom stereocenters. The molecule has 1 amide bonds. The summed E-state index contributed by atoms with van der Waals surface area (Å²) in [5.41, 5.74) is 15.8. The van der Waals surface area contributed by atoms with E-state index in [-0.39, 0.29) is 0 Å². The zero-order valence-electron chi connectivity index (χ0n) is 13.2. The molecule has 1 aromatic heterocycles. The third-order valence-corrected chi connectivity index (χ3v) is 4.07. The highest BCUT2D eigenvalue weighted by Crippen LogP contribution is 2.37. The van der Waals surface area contributed by atoms with Gasteiger partial charge in [0.1, 0.15) is 5.75 Å². The first-order valence-corrected chi connectivity index (χ1v) is 7.42. The topological polar surface area (TPSA) is 83.3 Å². The largest absolute Gasteiger partial charge is 0.497 e. The van der Waals surface area contributed by atoms with Crippen LogP contribution in [0, 0.1) is 0 Å². The second-order valence-electron chi connectivity index (χ2n) is 5.33. The van der Waals surface area contributed by atoms with Gasteiger partial charge in [-0.2, -0.15) is 0 Å². The summed E-state index contributed by atoms with van der Waals surface area (Å²) in [4.78, 5) is 11.2. The Labute approximate surface area is 134 Å². The van der Waals surface area contributed by atoms with Crippen LogP contribution < -0.4 is 16.2 Å². The molecular weight excluding hydrogens is 290 g/mol. The van der Waals surface area contributed by atoms with Gasteiger partial charge < -0.3 is 20.8 Å². The van der Waals surface area contributed by atoms with Crippen LogP contribution in [0.3, 0.4) is 0 Å². The van der Waals surface area contributed by atoms with Gasteiger partial charge in [0.25, 0.3) is 0 Å². The summed E-state index contributed by atoms with van der Waals surface area (Å²) in [6.45, 7) is 2.86. The molecular formula is C18H19N3O2. The molecule has 0 aliphatic carbocycles. The summed E-state index contributed by atoms with van der Waals surface area (Å²) in [6, 6.07) is 13.0. The highest BCUT2D eigenvalue weighted by atomic mass is 16.5. The first kappa shape index (κ1) is 15.0. The van der Waals surface area contributed by atoms with Crippen molar-refractivity contribution < 1.29 is 9.53 Å². The van der Waals surface area contributed by atoms with Crippen molar-refractivity contribution in [3.63, 3.8) is 0 Å².